The summed E-state index contributed by atoms with van der Waals surface area (Å²) in [5.74, 6) is 0.289. The summed E-state index contributed by atoms with van der Waals surface area (Å²) in [7, 11) is 0. The van der Waals surface area contributed by atoms with Crippen molar-refractivity contribution in [1.82, 2.24) is 9.97 Å². The van der Waals surface area contributed by atoms with Crippen molar-refractivity contribution in [3.63, 3.8) is 0 Å². The van der Waals surface area contributed by atoms with Gasteiger partial charge in [-0.1, -0.05) is 24.3 Å². The van der Waals surface area contributed by atoms with E-state index in [1.54, 1.807) is 34.8 Å². The van der Waals surface area contributed by atoms with Crippen molar-refractivity contribution in [2.75, 3.05) is 0 Å². The molecule has 108 valence electrons. The number of aromatic amines is 1. The highest BCUT2D eigenvalue weighted by Crippen LogP contribution is 2.37. The van der Waals surface area contributed by atoms with Crippen LogP contribution >= 0.6 is 22.7 Å². The zero-order valence-corrected chi connectivity index (χ0v) is 13.0. The van der Waals surface area contributed by atoms with Crippen molar-refractivity contribution in [2.24, 2.45) is 0 Å². The molecule has 1 N–H and O–H groups in total. The molecule has 0 radical (unpaired) electrons. The number of benzene rings is 1. The van der Waals surface area contributed by atoms with Crippen molar-refractivity contribution >= 4 is 22.7 Å². The van der Waals surface area contributed by atoms with Gasteiger partial charge in [0, 0.05) is 0 Å². The summed E-state index contributed by atoms with van der Waals surface area (Å²) < 4.78 is 14.0. The SMILES string of the molecule is Fc1ccccc1-c1nc(-c2cccs2)c(-c2cccs2)[nH]1. The number of halogens is 1. The van der Waals surface area contributed by atoms with E-state index in [1.165, 1.54) is 6.07 Å². The van der Waals surface area contributed by atoms with Gasteiger partial charge < -0.3 is 4.98 Å². The third-order valence-electron chi connectivity index (χ3n) is 3.35. The Morgan fingerprint density at radius 3 is 2.27 bits per heavy atom. The minimum atomic E-state index is -0.272. The Morgan fingerprint density at radius 1 is 0.864 bits per heavy atom. The zero-order chi connectivity index (χ0) is 14.9. The van der Waals surface area contributed by atoms with E-state index < -0.39 is 0 Å². The van der Waals surface area contributed by atoms with Crippen LogP contribution in [0, 0.1) is 5.82 Å². The molecule has 0 aliphatic carbocycles. The standard InChI is InChI=1S/C17H11FN2S2/c18-12-6-2-1-5-11(12)17-19-15(13-7-3-9-21-13)16(20-17)14-8-4-10-22-14/h1-10H,(H,19,20). The summed E-state index contributed by atoms with van der Waals surface area (Å²) in [6.45, 7) is 0. The lowest BCUT2D eigenvalue weighted by atomic mass is 10.2. The summed E-state index contributed by atoms with van der Waals surface area (Å²) >= 11 is 3.27. The fourth-order valence-electron chi connectivity index (χ4n) is 2.34. The number of nitrogens with zero attached hydrogens (tertiary/aromatic N) is 1. The predicted molar refractivity (Wildman–Crippen MR) is 90.6 cm³/mol. The smallest absolute Gasteiger partial charge is 0.141 e. The van der Waals surface area contributed by atoms with Gasteiger partial charge in [-0.25, -0.2) is 9.37 Å². The van der Waals surface area contributed by atoms with Gasteiger partial charge in [0.25, 0.3) is 0 Å². The molecule has 3 aromatic heterocycles. The van der Waals surface area contributed by atoms with Gasteiger partial charge in [-0.05, 0) is 35.0 Å². The molecule has 0 bridgehead atoms. The first-order valence-electron chi connectivity index (χ1n) is 6.75. The highest BCUT2D eigenvalue weighted by Gasteiger charge is 2.17. The summed E-state index contributed by atoms with van der Waals surface area (Å²) in [5.41, 5.74) is 2.30. The van der Waals surface area contributed by atoms with Crippen LogP contribution in [0.1, 0.15) is 0 Å². The molecule has 0 atom stereocenters. The van der Waals surface area contributed by atoms with Crippen LogP contribution in [0.5, 0.6) is 0 Å². The summed E-state index contributed by atoms with van der Waals surface area (Å²) in [4.78, 5) is 10.1. The quantitative estimate of drug-likeness (QED) is 0.516. The molecule has 2 nitrogen and oxygen atoms in total. The van der Waals surface area contributed by atoms with E-state index in [0.29, 0.717) is 11.4 Å². The first-order valence-corrected chi connectivity index (χ1v) is 8.51. The van der Waals surface area contributed by atoms with Gasteiger partial charge in [0.2, 0.25) is 0 Å². The predicted octanol–water partition coefficient (Wildman–Crippen LogP) is 5.67. The second kappa shape index (κ2) is 5.51. The zero-order valence-electron chi connectivity index (χ0n) is 11.4. The molecular weight excluding hydrogens is 315 g/mol. The van der Waals surface area contributed by atoms with E-state index in [1.807, 2.05) is 41.1 Å². The Bertz CT molecular complexity index is 841. The van der Waals surface area contributed by atoms with Gasteiger partial charge in [0.05, 0.1) is 21.0 Å². The Balaban J connectivity index is 1.93. The van der Waals surface area contributed by atoms with Crippen LogP contribution in [0.25, 0.3) is 32.5 Å². The van der Waals surface area contributed by atoms with Gasteiger partial charge in [-0.2, -0.15) is 0 Å². The van der Waals surface area contributed by atoms with Crippen LogP contribution in [0.15, 0.2) is 59.3 Å². The van der Waals surface area contributed by atoms with E-state index >= 15 is 0 Å². The molecule has 0 fully saturated rings. The van der Waals surface area contributed by atoms with Gasteiger partial charge in [-0.15, -0.1) is 22.7 Å². The number of aromatic nitrogens is 2. The Morgan fingerprint density at radius 2 is 1.59 bits per heavy atom. The molecule has 0 unspecified atom stereocenters. The van der Waals surface area contributed by atoms with Gasteiger partial charge in [-0.3, -0.25) is 0 Å². The van der Waals surface area contributed by atoms with E-state index in [0.717, 1.165) is 21.1 Å². The van der Waals surface area contributed by atoms with Crippen LogP contribution < -0.4 is 0 Å². The number of thiophene rings is 2. The molecule has 0 saturated carbocycles. The normalized spacial score (nSPS) is 11.0. The molecule has 22 heavy (non-hydrogen) atoms. The number of nitrogens with one attached hydrogen (secondary N) is 1. The molecule has 4 aromatic rings. The topological polar surface area (TPSA) is 28.7 Å². The second-order valence-electron chi connectivity index (χ2n) is 4.74. The lowest BCUT2D eigenvalue weighted by molar-refractivity contribution is 0.630. The average Bonchev–Trinajstić information content (AvgIpc) is 3.27. The van der Waals surface area contributed by atoms with Crippen LogP contribution in [-0.4, -0.2) is 9.97 Å². The molecule has 0 spiro atoms. The molecule has 1 aromatic carbocycles. The summed E-state index contributed by atoms with van der Waals surface area (Å²) in [6.07, 6.45) is 0. The van der Waals surface area contributed by atoms with E-state index in [9.17, 15) is 4.39 Å². The molecule has 0 amide bonds. The molecule has 5 heteroatoms. The fraction of sp³-hybridized carbons (Fsp3) is 0. The number of hydrogen-bond donors (Lipinski definition) is 1. The maximum Gasteiger partial charge on any atom is 0.141 e. The first kappa shape index (κ1) is 13.4. The van der Waals surface area contributed by atoms with Crippen molar-refractivity contribution in [1.29, 1.82) is 0 Å². The average molecular weight is 326 g/mol. The minimum Gasteiger partial charge on any atom is -0.337 e. The van der Waals surface area contributed by atoms with Crippen molar-refractivity contribution < 1.29 is 4.39 Å². The largest absolute Gasteiger partial charge is 0.337 e. The van der Waals surface area contributed by atoms with Crippen molar-refractivity contribution in [2.45, 2.75) is 0 Å². The van der Waals surface area contributed by atoms with Crippen LogP contribution in [0.4, 0.5) is 4.39 Å². The third-order valence-corrected chi connectivity index (χ3v) is 5.12. The first-order chi connectivity index (χ1) is 10.8. The molecule has 0 aliphatic heterocycles. The summed E-state index contributed by atoms with van der Waals surface area (Å²) in [5, 5.41) is 4.04. The lowest BCUT2D eigenvalue weighted by Gasteiger charge is -1.97. The van der Waals surface area contributed by atoms with Crippen molar-refractivity contribution in [3.8, 4) is 32.5 Å². The van der Waals surface area contributed by atoms with Gasteiger partial charge in [0.1, 0.15) is 17.3 Å². The van der Waals surface area contributed by atoms with E-state index in [-0.39, 0.29) is 5.82 Å². The minimum absolute atomic E-state index is 0.272. The summed E-state index contributed by atoms with van der Waals surface area (Å²) in [6, 6.07) is 14.8. The Labute approximate surface area is 134 Å². The maximum atomic E-state index is 14.0. The molecule has 0 aliphatic rings. The van der Waals surface area contributed by atoms with E-state index in [2.05, 4.69) is 9.97 Å². The van der Waals surface area contributed by atoms with Crippen LogP contribution in [-0.2, 0) is 0 Å². The molecular formula is C17H11FN2S2. The van der Waals surface area contributed by atoms with Gasteiger partial charge >= 0.3 is 0 Å². The highest BCUT2D eigenvalue weighted by molar-refractivity contribution is 7.14. The fourth-order valence-corrected chi connectivity index (χ4v) is 3.79. The molecule has 0 saturated heterocycles. The van der Waals surface area contributed by atoms with Crippen LogP contribution in [0.3, 0.4) is 0 Å². The van der Waals surface area contributed by atoms with Crippen molar-refractivity contribution in [3.05, 3.63) is 65.1 Å². The second-order valence-corrected chi connectivity index (χ2v) is 6.64. The monoisotopic (exact) mass is 326 g/mol. The number of rotatable bonds is 3. The van der Waals surface area contributed by atoms with Gasteiger partial charge in [0.15, 0.2) is 0 Å². The third kappa shape index (κ3) is 2.28. The Kier molecular flexibility index (Phi) is 3.36. The number of imidazole rings is 1. The number of hydrogen-bond acceptors (Lipinski definition) is 3. The Hall–Kier alpha value is -2.24. The number of H-pyrrole nitrogens is 1. The van der Waals surface area contributed by atoms with Crippen LogP contribution in [0.2, 0.25) is 0 Å². The maximum absolute atomic E-state index is 14.0. The highest BCUT2D eigenvalue weighted by atomic mass is 32.1. The molecule has 4 rings (SSSR count). The van der Waals surface area contributed by atoms with E-state index in [4.69, 9.17) is 0 Å². The molecule has 3 heterocycles. The lowest BCUT2D eigenvalue weighted by Crippen LogP contribution is -1.85.